The van der Waals surface area contributed by atoms with Crippen LogP contribution >= 0.6 is 11.3 Å². The molecule has 11 rings (SSSR count). The predicted molar refractivity (Wildman–Crippen MR) is 212 cm³/mol. The van der Waals surface area contributed by atoms with Gasteiger partial charge in [0.25, 0.3) is 0 Å². The second kappa shape index (κ2) is 10.9. The van der Waals surface area contributed by atoms with Gasteiger partial charge in [0.1, 0.15) is 0 Å². The van der Waals surface area contributed by atoms with Crippen LogP contribution in [0.25, 0.3) is 98.2 Å². The van der Waals surface area contributed by atoms with Crippen LogP contribution in [-0.2, 0) is 0 Å². The number of thiophene rings is 1. The van der Waals surface area contributed by atoms with Gasteiger partial charge in [-0.2, -0.15) is 9.97 Å². The molecular formula is C45H27N5S. The number of fused-ring (bicyclic) bond motifs is 10. The summed E-state index contributed by atoms with van der Waals surface area (Å²) in [5, 5.41) is 7.35. The van der Waals surface area contributed by atoms with Crippen LogP contribution in [0, 0.1) is 0 Å². The molecule has 0 aliphatic rings. The molecule has 0 amide bonds. The van der Waals surface area contributed by atoms with Crippen LogP contribution in [-0.4, -0.2) is 24.1 Å². The van der Waals surface area contributed by atoms with E-state index in [1.165, 1.54) is 36.5 Å². The average molecular weight is 670 g/mol. The Bertz CT molecular complexity index is 3060. The molecule has 0 atom stereocenters. The highest BCUT2D eigenvalue weighted by atomic mass is 32.1. The number of nitrogens with zero attached hydrogens (tertiary/aromatic N) is 5. The topological polar surface area (TPSA) is 48.5 Å². The van der Waals surface area contributed by atoms with Gasteiger partial charge >= 0.3 is 0 Å². The Morgan fingerprint density at radius 1 is 0.392 bits per heavy atom. The smallest absolute Gasteiger partial charge is 0.238 e. The summed E-state index contributed by atoms with van der Waals surface area (Å²) >= 11 is 1.87. The Morgan fingerprint density at radius 3 is 1.69 bits per heavy atom. The number of rotatable bonds is 4. The van der Waals surface area contributed by atoms with Crippen molar-refractivity contribution >= 4 is 75.1 Å². The van der Waals surface area contributed by atoms with Crippen molar-refractivity contribution in [3.8, 4) is 34.4 Å². The number of benzene rings is 7. The van der Waals surface area contributed by atoms with Gasteiger partial charge in [0, 0.05) is 53.8 Å². The second-order valence-electron chi connectivity index (χ2n) is 12.9. The molecule has 0 spiro atoms. The Balaban J connectivity index is 1.29. The fraction of sp³-hybridized carbons (Fsp3) is 0. The van der Waals surface area contributed by atoms with E-state index in [1.807, 2.05) is 47.7 Å². The third kappa shape index (κ3) is 4.24. The van der Waals surface area contributed by atoms with Crippen LogP contribution in [0.3, 0.4) is 0 Å². The van der Waals surface area contributed by atoms with Crippen LogP contribution in [0.5, 0.6) is 0 Å². The van der Waals surface area contributed by atoms with Crippen molar-refractivity contribution in [3.63, 3.8) is 0 Å². The third-order valence-electron chi connectivity index (χ3n) is 9.97. The lowest BCUT2D eigenvalue weighted by molar-refractivity contribution is 0.953. The Kier molecular flexibility index (Phi) is 6.05. The molecule has 0 saturated carbocycles. The normalized spacial score (nSPS) is 11.9. The van der Waals surface area contributed by atoms with Crippen LogP contribution in [0.1, 0.15) is 0 Å². The van der Waals surface area contributed by atoms with Crippen molar-refractivity contribution in [1.82, 2.24) is 24.1 Å². The zero-order chi connectivity index (χ0) is 33.5. The first-order valence-electron chi connectivity index (χ1n) is 17.0. The first kappa shape index (κ1) is 28.2. The molecule has 0 N–H and O–H groups in total. The number of para-hydroxylation sites is 2. The largest absolute Gasteiger partial charge is 0.308 e. The summed E-state index contributed by atoms with van der Waals surface area (Å²) in [6, 6.07) is 57.7. The molecule has 7 aromatic carbocycles. The Labute approximate surface area is 296 Å². The minimum Gasteiger partial charge on any atom is -0.308 e. The van der Waals surface area contributed by atoms with Crippen LogP contribution in [0.15, 0.2) is 164 Å². The molecule has 0 aliphatic carbocycles. The summed E-state index contributed by atoms with van der Waals surface area (Å²) in [5.74, 6) is 1.86. The van der Waals surface area contributed by atoms with Crippen LogP contribution < -0.4 is 0 Å². The Hall–Kier alpha value is -6.63. The highest BCUT2D eigenvalue weighted by Crippen LogP contribution is 2.45. The standard InChI is InChI=1S/C45H27N5S/c1-4-14-28(15-5-1)43-46-44(29-16-6-2-7-17-29)48-45(47-43)50-37-22-12-10-20-31(37)35-26-36-33-24-25-34-32-21-11-13-23-40(32)51-42(34)41(33)49(38(36)27-39(35)50)30-18-8-3-9-19-30/h1-27H. The highest BCUT2D eigenvalue weighted by Gasteiger charge is 2.22. The van der Waals surface area contributed by atoms with Gasteiger partial charge in [0.15, 0.2) is 11.6 Å². The van der Waals surface area contributed by atoms with E-state index in [0.717, 1.165) is 44.1 Å². The minimum atomic E-state index is 0.586. The summed E-state index contributed by atoms with van der Waals surface area (Å²) in [5.41, 5.74) is 7.47. The van der Waals surface area contributed by atoms with Gasteiger partial charge in [-0.3, -0.25) is 4.57 Å². The van der Waals surface area contributed by atoms with E-state index in [4.69, 9.17) is 15.0 Å². The minimum absolute atomic E-state index is 0.586. The summed E-state index contributed by atoms with van der Waals surface area (Å²) in [7, 11) is 0. The fourth-order valence-corrected chi connectivity index (χ4v) is 8.94. The average Bonchev–Trinajstić information content (AvgIpc) is 3.85. The first-order chi connectivity index (χ1) is 25.3. The first-order valence-corrected chi connectivity index (χ1v) is 17.9. The summed E-state index contributed by atoms with van der Waals surface area (Å²) in [6.45, 7) is 0. The number of hydrogen-bond donors (Lipinski definition) is 0. The quantitative estimate of drug-likeness (QED) is 0.187. The summed E-state index contributed by atoms with van der Waals surface area (Å²) < 4.78 is 7.25. The van der Waals surface area contributed by atoms with Crippen molar-refractivity contribution in [2.24, 2.45) is 0 Å². The van der Waals surface area contributed by atoms with E-state index in [9.17, 15) is 0 Å². The lowest BCUT2D eigenvalue weighted by Gasteiger charge is -2.11. The molecule has 0 saturated heterocycles. The summed E-state index contributed by atoms with van der Waals surface area (Å²) in [6.07, 6.45) is 0. The summed E-state index contributed by atoms with van der Waals surface area (Å²) in [4.78, 5) is 15.3. The second-order valence-corrected chi connectivity index (χ2v) is 13.9. The van der Waals surface area contributed by atoms with E-state index < -0.39 is 0 Å². The fourth-order valence-electron chi connectivity index (χ4n) is 7.70. The molecule has 11 aromatic rings. The molecule has 6 heteroatoms. The molecule has 0 unspecified atom stereocenters. The molecule has 51 heavy (non-hydrogen) atoms. The van der Waals surface area contributed by atoms with Gasteiger partial charge in [-0.15, -0.1) is 11.3 Å². The molecular weight excluding hydrogens is 643 g/mol. The van der Waals surface area contributed by atoms with E-state index in [2.05, 4.69) is 137 Å². The van der Waals surface area contributed by atoms with Gasteiger partial charge in [-0.1, -0.05) is 127 Å². The van der Waals surface area contributed by atoms with Gasteiger partial charge in [0.05, 0.1) is 26.8 Å². The van der Waals surface area contributed by atoms with Gasteiger partial charge in [0.2, 0.25) is 5.95 Å². The van der Waals surface area contributed by atoms with E-state index in [1.54, 1.807) is 0 Å². The van der Waals surface area contributed by atoms with Gasteiger partial charge < -0.3 is 4.57 Å². The zero-order valence-corrected chi connectivity index (χ0v) is 28.0. The van der Waals surface area contributed by atoms with E-state index >= 15 is 0 Å². The van der Waals surface area contributed by atoms with Crippen molar-refractivity contribution in [2.75, 3.05) is 0 Å². The van der Waals surface area contributed by atoms with E-state index in [0.29, 0.717) is 17.6 Å². The number of hydrogen-bond acceptors (Lipinski definition) is 4. The molecule has 4 aromatic heterocycles. The lowest BCUT2D eigenvalue weighted by atomic mass is 10.1. The van der Waals surface area contributed by atoms with Crippen molar-refractivity contribution in [2.45, 2.75) is 0 Å². The molecule has 0 fully saturated rings. The molecule has 5 nitrogen and oxygen atoms in total. The maximum atomic E-state index is 5.18. The van der Waals surface area contributed by atoms with Gasteiger partial charge in [-0.05, 0) is 36.4 Å². The van der Waals surface area contributed by atoms with Crippen LogP contribution in [0.4, 0.5) is 0 Å². The van der Waals surface area contributed by atoms with Crippen molar-refractivity contribution in [3.05, 3.63) is 164 Å². The van der Waals surface area contributed by atoms with Crippen LogP contribution in [0.2, 0.25) is 0 Å². The van der Waals surface area contributed by atoms with Crippen molar-refractivity contribution in [1.29, 1.82) is 0 Å². The lowest BCUT2D eigenvalue weighted by Crippen LogP contribution is -2.06. The van der Waals surface area contributed by atoms with Gasteiger partial charge in [-0.25, -0.2) is 4.98 Å². The maximum Gasteiger partial charge on any atom is 0.238 e. The third-order valence-corrected chi connectivity index (χ3v) is 11.2. The predicted octanol–water partition coefficient (Wildman–Crippen LogP) is 11.8. The monoisotopic (exact) mass is 669 g/mol. The molecule has 238 valence electrons. The molecule has 4 heterocycles. The maximum absolute atomic E-state index is 5.18. The molecule has 0 bridgehead atoms. The Morgan fingerprint density at radius 2 is 0.961 bits per heavy atom. The highest BCUT2D eigenvalue weighted by molar-refractivity contribution is 7.26. The molecule has 0 radical (unpaired) electrons. The van der Waals surface area contributed by atoms with E-state index in [-0.39, 0.29) is 0 Å². The zero-order valence-electron chi connectivity index (χ0n) is 27.2. The number of aromatic nitrogens is 5. The van der Waals surface area contributed by atoms with Crippen molar-refractivity contribution < 1.29 is 0 Å². The molecule has 0 aliphatic heterocycles. The SMILES string of the molecule is c1ccc(-c2nc(-c3ccccc3)nc(-n3c4ccccc4c4cc5c6ccc7c8ccccc8sc7c6n(-c6ccccc6)c5cc43)n2)cc1.